The van der Waals surface area contributed by atoms with Gasteiger partial charge in [-0.25, -0.2) is 9.59 Å². The van der Waals surface area contributed by atoms with E-state index in [0.717, 1.165) is 0 Å². The number of hydrogen-bond donors (Lipinski definition) is 5. The zero-order valence-corrected chi connectivity index (χ0v) is 16.0. The topological polar surface area (TPSA) is 165 Å². The molecule has 0 spiro atoms. The zero-order valence-electron chi connectivity index (χ0n) is 16.0. The van der Waals surface area contributed by atoms with E-state index in [4.69, 9.17) is 0 Å². The van der Waals surface area contributed by atoms with E-state index >= 15 is 0 Å². The largest absolute Gasteiger partial charge is 0.630 e. The molecule has 3 aromatic carbocycles. The molecule has 0 saturated heterocycles. The Kier molecular flexibility index (Phi) is 6.73. The highest BCUT2D eigenvalue weighted by Crippen LogP contribution is 2.19. The van der Waals surface area contributed by atoms with Crippen LogP contribution in [0.5, 0.6) is 0 Å². The minimum atomic E-state index is -0.604. The summed E-state index contributed by atoms with van der Waals surface area (Å²) in [5.74, 6) is 0. The third kappa shape index (κ3) is 6.25. The summed E-state index contributed by atoms with van der Waals surface area (Å²) >= 11 is 0. The lowest BCUT2D eigenvalue weighted by atomic mass is 10.2. The Bertz CT molecular complexity index is 1120. The molecule has 6 N–H and O–H groups in total. The molecule has 0 unspecified atom stereocenters. The Labute approximate surface area is 176 Å². The van der Waals surface area contributed by atoms with Crippen molar-refractivity contribution in [2.75, 3.05) is 21.3 Å². The quantitative estimate of drug-likeness (QED) is 0.232. The first-order valence-corrected chi connectivity index (χ1v) is 8.99. The van der Waals surface area contributed by atoms with Gasteiger partial charge >= 0.3 is 12.1 Å². The molecule has 0 aliphatic heterocycles. The van der Waals surface area contributed by atoms with Gasteiger partial charge in [-0.1, -0.05) is 18.2 Å². The average Bonchev–Trinajstić information content (AvgIpc) is 2.74. The summed E-state index contributed by atoms with van der Waals surface area (Å²) < 4.78 is 0. The van der Waals surface area contributed by atoms with Crippen molar-refractivity contribution < 1.29 is 20.0 Å². The number of anilines is 4. The van der Waals surface area contributed by atoms with Crippen molar-refractivity contribution in [1.29, 1.82) is 0 Å². The van der Waals surface area contributed by atoms with Crippen LogP contribution in [0.2, 0.25) is 0 Å². The lowest BCUT2D eigenvalue weighted by Gasteiger charge is -2.11. The lowest BCUT2D eigenvalue weighted by molar-refractivity contribution is -0.497. The predicted molar refractivity (Wildman–Crippen MR) is 116 cm³/mol. The highest BCUT2D eigenvalue weighted by atomic mass is 16.6. The summed E-state index contributed by atoms with van der Waals surface area (Å²) in [5.41, 5.74) is 2.48. The summed E-state index contributed by atoms with van der Waals surface area (Å²) in [6.45, 7) is 0. The first kappa shape index (κ1) is 21.2. The lowest BCUT2D eigenvalue weighted by Crippen LogP contribution is -2.70. The molecule has 0 heterocycles. The highest BCUT2D eigenvalue weighted by Gasteiger charge is 2.09. The van der Waals surface area contributed by atoms with E-state index in [0.29, 0.717) is 28.2 Å². The molecule has 0 fully saturated rings. The first-order valence-electron chi connectivity index (χ1n) is 8.99. The Morgan fingerprint density at radius 3 is 1.68 bits per heavy atom. The van der Waals surface area contributed by atoms with Gasteiger partial charge in [-0.05, 0) is 36.4 Å². The van der Waals surface area contributed by atoms with Crippen molar-refractivity contribution in [3.8, 4) is 0 Å². The van der Waals surface area contributed by atoms with E-state index in [9.17, 15) is 24.9 Å². The standard InChI is InChI=1S/C20H18N6O5/c27-19(23-15-6-2-8-17(11-15)25-29)21-13-4-1-5-14(10-13)22-20(28)24-16-7-3-9-18(12-16)26(30)31/h1-12H,25H2,(H2,21,23,27)(H2,22,24,28). The molecule has 0 aliphatic carbocycles. The zero-order chi connectivity index (χ0) is 22.2. The highest BCUT2D eigenvalue weighted by molar-refractivity contribution is 6.02. The van der Waals surface area contributed by atoms with Gasteiger partial charge < -0.3 is 32.0 Å². The summed E-state index contributed by atoms with van der Waals surface area (Å²) in [4.78, 5) is 34.6. The number of rotatable bonds is 6. The number of nitro groups is 1. The molecular weight excluding hydrogens is 404 g/mol. The van der Waals surface area contributed by atoms with E-state index in [1.807, 2.05) is 0 Å². The molecule has 11 nitrogen and oxygen atoms in total. The summed E-state index contributed by atoms with van der Waals surface area (Å²) in [5, 5.41) is 32.0. The van der Waals surface area contributed by atoms with Crippen molar-refractivity contribution in [3.05, 3.63) is 88.1 Å². The van der Waals surface area contributed by atoms with Crippen LogP contribution >= 0.6 is 0 Å². The fraction of sp³-hybridized carbons (Fsp3) is 0. The fourth-order valence-corrected chi connectivity index (χ4v) is 2.65. The van der Waals surface area contributed by atoms with Gasteiger partial charge in [0.2, 0.25) is 0 Å². The number of amides is 4. The minimum absolute atomic E-state index is 0.145. The second-order valence-corrected chi connectivity index (χ2v) is 6.29. The average molecular weight is 422 g/mol. The summed E-state index contributed by atoms with van der Waals surface area (Å²) in [7, 11) is 0. The third-order valence-electron chi connectivity index (χ3n) is 3.97. The van der Waals surface area contributed by atoms with Gasteiger partial charge in [0.05, 0.1) is 4.92 Å². The van der Waals surface area contributed by atoms with Crippen LogP contribution in [0, 0.1) is 15.3 Å². The third-order valence-corrected chi connectivity index (χ3v) is 3.97. The SMILES string of the molecule is O=C(Nc1cccc(NC(=O)Nc2cccc([N+](=O)[O-])c2)c1)Nc1cccc([NH2+][O-])c1. The van der Waals surface area contributed by atoms with Crippen molar-refractivity contribution in [2.24, 2.45) is 0 Å². The van der Waals surface area contributed by atoms with Crippen molar-refractivity contribution in [2.45, 2.75) is 0 Å². The van der Waals surface area contributed by atoms with Gasteiger partial charge in [-0.3, -0.25) is 10.1 Å². The Balaban J connectivity index is 1.59. The van der Waals surface area contributed by atoms with Crippen LogP contribution in [0.25, 0.3) is 0 Å². The van der Waals surface area contributed by atoms with Crippen molar-refractivity contribution in [3.63, 3.8) is 0 Å². The number of nitro benzene ring substituents is 1. The number of carbonyl (C=O) groups excluding carboxylic acids is 2. The van der Waals surface area contributed by atoms with Crippen molar-refractivity contribution in [1.82, 2.24) is 0 Å². The molecule has 3 aromatic rings. The van der Waals surface area contributed by atoms with E-state index in [2.05, 4.69) is 21.3 Å². The van der Waals surface area contributed by atoms with Crippen LogP contribution in [0.3, 0.4) is 0 Å². The molecule has 4 amide bonds. The number of nitrogens with one attached hydrogen (secondary N) is 4. The molecule has 11 heteroatoms. The smallest absolute Gasteiger partial charge is 0.323 e. The molecule has 0 aromatic heterocycles. The molecule has 0 aliphatic rings. The number of carbonyl (C=O) groups is 2. The second-order valence-electron chi connectivity index (χ2n) is 6.29. The molecule has 0 saturated carbocycles. The number of nitrogens with zero attached hydrogens (tertiary/aromatic N) is 1. The summed E-state index contributed by atoms with van der Waals surface area (Å²) in [6.07, 6.45) is 0. The maximum absolute atomic E-state index is 12.2. The number of nitrogens with two attached hydrogens (primary N) is 1. The van der Waals surface area contributed by atoms with Crippen LogP contribution in [0.15, 0.2) is 72.8 Å². The van der Waals surface area contributed by atoms with E-state index < -0.39 is 17.0 Å². The van der Waals surface area contributed by atoms with Crippen LogP contribution in [0.1, 0.15) is 0 Å². The van der Waals surface area contributed by atoms with Crippen LogP contribution in [0.4, 0.5) is 43.7 Å². The number of hydrogen-bond acceptors (Lipinski definition) is 5. The summed E-state index contributed by atoms with van der Waals surface area (Å²) in [6, 6.07) is 17.2. The number of urea groups is 2. The Hall–Kier alpha value is -4.48. The normalized spacial score (nSPS) is 10.1. The first-order chi connectivity index (χ1) is 14.9. The van der Waals surface area contributed by atoms with Gasteiger partial charge in [-0.15, -0.1) is 0 Å². The van der Waals surface area contributed by atoms with E-state index in [1.54, 1.807) is 36.4 Å². The minimum Gasteiger partial charge on any atom is -0.630 e. The molecule has 158 valence electrons. The van der Waals surface area contributed by atoms with Gasteiger partial charge in [0, 0.05) is 40.9 Å². The van der Waals surface area contributed by atoms with Crippen LogP contribution in [-0.4, -0.2) is 17.0 Å². The van der Waals surface area contributed by atoms with E-state index in [-0.39, 0.29) is 11.4 Å². The predicted octanol–water partition coefficient (Wildman–Crippen LogP) is 3.58. The van der Waals surface area contributed by atoms with Crippen LogP contribution < -0.4 is 26.7 Å². The second kappa shape index (κ2) is 9.82. The molecule has 31 heavy (non-hydrogen) atoms. The number of non-ortho nitro benzene ring substituents is 1. The van der Waals surface area contributed by atoms with Crippen LogP contribution in [-0.2, 0) is 0 Å². The molecule has 0 radical (unpaired) electrons. The Morgan fingerprint density at radius 2 is 1.16 bits per heavy atom. The van der Waals surface area contributed by atoms with Gasteiger partial charge in [0.1, 0.15) is 5.69 Å². The number of quaternary nitrogens is 1. The van der Waals surface area contributed by atoms with Gasteiger partial charge in [0.25, 0.3) is 5.69 Å². The monoisotopic (exact) mass is 422 g/mol. The molecular formula is C20H18N6O5. The Morgan fingerprint density at radius 1 is 0.710 bits per heavy atom. The molecule has 0 bridgehead atoms. The van der Waals surface area contributed by atoms with Crippen molar-refractivity contribution >= 4 is 46.2 Å². The molecule has 0 atom stereocenters. The maximum Gasteiger partial charge on any atom is 0.323 e. The van der Waals surface area contributed by atoms with Gasteiger partial charge in [0.15, 0.2) is 0 Å². The fourth-order valence-electron chi connectivity index (χ4n) is 2.65. The maximum atomic E-state index is 12.2. The molecule has 3 rings (SSSR count). The number of benzene rings is 3. The van der Waals surface area contributed by atoms with E-state index in [1.165, 1.54) is 36.4 Å². The van der Waals surface area contributed by atoms with Gasteiger partial charge in [-0.2, -0.15) is 0 Å².